The van der Waals surface area contributed by atoms with Gasteiger partial charge in [0, 0.05) is 12.6 Å². The number of hydrogen-bond acceptors (Lipinski definition) is 7. The van der Waals surface area contributed by atoms with Crippen LogP contribution in [0.4, 0.5) is 4.39 Å². The van der Waals surface area contributed by atoms with E-state index in [1.165, 1.54) is 21.5 Å². The summed E-state index contributed by atoms with van der Waals surface area (Å²) in [5, 5.41) is 8.25. The van der Waals surface area contributed by atoms with Crippen molar-refractivity contribution in [1.29, 1.82) is 0 Å². The molecule has 1 aromatic carbocycles. The molecule has 1 aliphatic rings. The first-order chi connectivity index (χ1) is 16.0. The van der Waals surface area contributed by atoms with Gasteiger partial charge in [0.1, 0.15) is 11.5 Å². The van der Waals surface area contributed by atoms with Crippen LogP contribution in [0.25, 0.3) is 5.65 Å². The Hall–Kier alpha value is -3.37. The average Bonchev–Trinajstić information content (AvgIpc) is 3.49. The number of fused-ring (bicyclic) bond motifs is 1. The van der Waals surface area contributed by atoms with E-state index in [1.54, 1.807) is 35.7 Å². The van der Waals surface area contributed by atoms with Crippen molar-refractivity contribution in [2.75, 3.05) is 5.75 Å². The van der Waals surface area contributed by atoms with Crippen molar-refractivity contribution in [3.63, 3.8) is 0 Å². The van der Waals surface area contributed by atoms with Crippen LogP contribution in [0.2, 0.25) is 0 Å². The van der Waals surface area contributed by atoms with E-state index in [1.807, 2.05) is 30.5 Å². The van der Waals surface area contributed by atoms with E-state index in [9.17, 15) is 14.0 Å². The van der Waals surface area contributed by atoms with Crippen LogP contribution in [0.5, 0.6) is 0 Å². The van der Waals surface area contributed by atoms with Crippen LogP contribution in [0.1, 0.15) is 28.5 Å². The summed E-state index contributed by atoms with van der Waals surface area (Å²) < 4.78 is 14.8. The molecule has 3 aromatic heterocycles. The molecule has 0 saturated heterocycles. The molecule has 166 valence electrons. The third-order valence-electron chi connectivity index (χ3n) is 5.31. The number of halogens is 1. The zero-order chi connectivity index (χ0) is 22.9. The van der Waals surface area contributed by atoms with Crippen molar-refractivity contribution in [3.8, 4) is 0 Å². The number of amides is 1. The SMILES string of the molecule is Cc1cccn2c(=O)nc(SCC(=O)N3N=C(c4cccs4)C[C@H]3c3ccc(F)cc3)nc12. The second-order valence-corrected chi connectivity index (χ2v) is 9.39. The number of aryl methyl sites for hydroxylation is 1. The molecule has 0 radical (unpaired) electrons. The van der Waals surface area contributed by atoms with E-state index in [0.717, 1.165) is 33.5 Å². The van der Waals surface area contributed by atoms with Gasteiger partial charge in [0.05, 0.1) is 22.4 Å². The normalized spacial score (nSPS) is 15.8. The number of thioether (sulfide) groups is 1. The maximum absolute atomic E-state index is 13.5. The van der Waals surface area contributed by atoms with E-state index < -0.39 is 5.69 Å². The van der Waals surface area contributed by atoms with Crippen molar-refractivity contribution in [1.82, 2.24) is 19.4 Å². The van der Waals surface area contributed by atoms with E-state index in [4.69, 9.17) is 0 Å². The molecule has 0 bridgehead atoms. The smallest absolute Gasteiger partial charge is 0.272 e. The standard InChI is InChI=1S/C23H18FN5O2S2/c1-14-4-2-10-28-21(14)25-22(26-23(28)31)33-13-20(30)29-18(15-6-8-16(24)9-7-15)12-17(27-29)19-5-3-11-32-19/h2-11,18H,12-13H2,1H3/t18-/m0/s1. The van der Waals surface area contributed by atoms with E-state index in [0.29, 0.717) is 12.1 Å². The molecule has 1 amide bonds. The minimum absolute atomic E-state index is 0.0143. The van der Waals surface area contributed by atoms with Gasteiger partial charge in [-0.3, -0.25) is 9.20 Å². The molecule has 1 aliphatic heterocycles. The van der Waals surface area contributed by atoms with Gasteiger partial charge >= 0.3 is 5.69 Å². The molecule has 4 heterocycles. The third kappa shape index (κ3) is 4.31. The molecule has 4 aromatic rings. The first-order valence-corrected chi connectivity index (χ1v) is 12.0. The fourth-order valence-electron chi connectivity index (χ4n) is 3.69. The predicted octanol–water partition coefficient (Wildman–Crippen LogP) is 4.07. The molecule has 10 heteroatoms. The number of nitrogens with zero attached hydrogens (tertiary/aromatic N) is 5. The van der Waals surface area contributed by atoms with Crippen molar-refractivity contribution >= 4 is 40.4 Å². The second-order valence-electron chi connectivity index (χ2n) is 7.50. The highest BCUT2D eigenvalue weighted by Gasteiger charge is 2.33. The summed E-state index contributed by atoms with van der Waals surface area (Å²) in [5.41, 5.74) is 2.53. The molecule has 0 fully saturated rings. The number of thiophene rings is 1. The van der Waals surface area contributed by atoms with Gasteiger partial charge in [0.25, 0.3) is 5.91 Å². The summed E-state index contributed by atoms with van der Waals surface area (Å²) >= 11 is 2.65. The van der Waals surface area contributed by atoms with Crippen molar-refractivity contribution < 1.29 is 9.18 Å². The van der Waals surface area contributed by atoms with Gasteiger partial charge in [0.15, 0.2) is 5.16 Å². The Bertz CT molecular complexity index is 1420. The average molecular weight is 480 g/mol. The Labute approximate surface area is 196 Å². The third-order valence-corrected chi connectivity index (χ3v) is 7.06. The first-order valence-electron chi connectivity index (χ1n) is 10.2. The molecular weight excluding hydrogens is 461 g/mol. The lowest BCUT2D eigenvalue weighted by molar-refractivity contribution is -0.130. The highest BCUT2D eigenvalue weighted by Crippen LogP contribution is 2.34. The number of hydrogen-bond donors (Lipinski definition) is 0. The van der Waals surface area contributed by atoms with Gasteiger partial charge in [0.2, 0.25) is 0 Å². The van der Waals surface area contributed by atoms with Crippen molar-refractivity contribution in [3.05, 3.63) is 92.4 Å². The number of pyridine rings is 1. The van der Waals surface area contributed by atoms with Crippen LogP contribution in [0, 0.1) is 12.7 Å². The van der Waals surface area contributed by atoms with Crippen LogP contribution < -0.4 is 5.69 Å². The monoisotopic (exact) mass is 479 g/mol. The molecule has 0 saturated carbocycles. The lowest BCUT2D eigenvalue weighted by Crippen LogP contribution is -2.29. The van der Waals surface area contributed by atoms with Gasteiger partial charge in [-0.05, 0) is 47.7 Å². The molecule has 33 heavy (non-hydrogen) atoms. The number of carbonyl (C=O) groups excluding carboxylic acids is 1. The number of rotatable bonds is 5. The summed E-state index contributed by atoms with van der Waals surface area (Å²) in [6, 6.07) is 13.3. The number of hydrazone groups is 1. The Morgan fingerprint density at radius 1 is 1.18 bits per heavy atom. The number of carbonyl (C=O) groups is 1. The topological polar surface area (TPSA) is 79.9 Å². The fourth-order valence-corrected chi connectivity index (χ4v) is 5.09. The Kier molecular flexibility index (Phi) is 5.77. The van der Waals surface area contributed by atoms with E-state index in [-0.39, 0.29) is 28.7 Å². The van der Waals surface area contributed by atoms with Crippen LogP contribution in [-0.4, -0.2) is 36.7 Å². The predicted molar refractivity (Wildman–Crippen MR) is 126 cm³/mol. The highest BCUT2D eigenvalue weighted by atomic mass is 32.2. The minimum atomic E-state index is -0.443. The Morgan fingerprint density at radius 2 is 2.00 bits per heavy atom. The van der Waals surface area contributed by atoms with Gasteiger partial charge in [-0.1, -0.05) is 36.0 Å². The van der Waals surface area contributed by atoms with Crippen LogP contribution in [0.3, 0.4) is 0 Å². The summed E-state index contributed by atoms with van der Waals surface area (Å²) in [5.74, 6) is -0.561. The van der Waals surface area contributed by atoms with Gasteiger partial charge in [-0.15, -0.1) is 11.3 Å². The quantitative estimate of drug-likeness (QED) is 0.403. The van der Waals surface area contributed by atoms with Crippen LogP contribution >= 0.6 is 23.1 Å². The molecular formula is C23H18FN5O2S2. The molecule has 7 nitrogen and oxygen atoms in total. The first kappa shape index (κ1) is 21.5. The highest BCUT2D eigenvalue weighted by molar-refractivity contribution is 7.99. The van der Waals surface area contributed by atoms with Crippen molar-refractivity contribution in [2.45, 2.75) is 24.5 Å². The lowest BCUT2D eigenvalue weighted by Gasteiger charge is -2.21. The minimum Gasteiger partial charge on any atom is -0.272 e. The van der Waals surface area contributed by atoms with Crippen LogP contribution in [-0.2, 0) is 4.79 Å². The molecule has 5 rings (SSSR count). The summed E-state index contributed by atoms with van der Waals surface area (Å²) in [6.45, 7) is 1.86. The largest absolute Gasteiger partial charge is 0.355 e. The van der Waals surface area contributed by atoms with Gasteiger partial charge < -0.3 is 0 Å². The van der Waals surface area contributed by atoms with Crippen molar-refractivity contribution in [2.24, 2.45) is 5.10 Å². The second kappa shape index (κ2) is 8.87. The molecule has 0 spiro atoms. The maximum atomic E-state index is 13.5. The van der Waals surface area contributed by atoms with E-state index >= 15 is 0 Å². The van der Waals surface area contributed by atoms with Gasteiger partial charge in [-0.2, -0.15) is 10.1 Å². The molecule has 0 aliphatic carbocycles. The zero-order valence-electron chi connectivity index (χ0n) is 17.5. The molecule has 0 N–H and O–H groups in total. The summed E-state index contributed by atoms with van der Waals surface area (Å²) in [6.07, 6.45) is 2.15. The number of benzene rings is 1. The summed E-state index contributed by atoms with van der Waals surface area (Å²) in [7, 11) is 0. The zero-order valence-corrected chi connectivity index (χ0v) is 19.1. The summed E-state index contributed by atoms with van der Waals surface area (Å²) in [4.78, 5) is 35.0. The Balaban J connectivity index is 1.40. The fraction of sp³-hybridized carbons (Fsp3) is 0.174. The number of aromatic nitrogens is 3. The lowest BCUT2D eigenvalue weighted by atomic mass is 10.0. The van der Waals surface area contributed by atoms with E-state index in [2.05, 4.69) is 15.1 Å². The molecule has 1 atom stereocenters. The van der Waals surface area contributed by atoms with Gasteiger partial charge in [-0.25, -0.2) is 19.2 Å². The Morgan fingerprint density at radius 3 is 2.76 bits per heavy atom. The molecule has 0 unspecified atom stereocenters. The van der Waals surface area contributed by atoms with Crippen LogP contribution in [0.15, 0.2) is 75.2 Å². The maximum Gasteiger partial charge on any atom is 0.355 e.